The fourth-order valence-corrected chi connectivity index (χ4v) is 2.86. The number of nitro benzene ring substituents is 1. The molecule has 0 bridgehead atoms. The molecule has 0 saturated carbocycles. The van der Waals surface area contributed by atoms with Gasteiger partial charge in [0.15, 0.2) is 4.96 Å². The van der Waals surface area contributed by atoms with E-state index in [1.807, 2.05) is 0 Å². The van der Waals surface area contributed by atoms with Crippen molar-refractivity contribution in [2.45, 2.75) is 6.54 Å². The molecule has 7 nitrogen and oxygen atoms in total. The minimum Gasteiger partial charge on any atom is -0.379 e. The minimum atomic E-state index is -0.546. The molecule has 2 aromatic heterocycles. The molecule has 0 aliphatic heterocycles. The second-order valence-electron chi connectivity index (χ2n) is 4.42. The largest absolute Gasteiger partial charge is 0.379 e. The molecule has 0 unspecified atom stereocenters. The Morgan fingerprint density at radius 3 is 3.00 bits per heavy atom. The van der Waals surface area contributed by atoms with Gasteiger partial charge in [0.2, 0.25) is 0 Å². The average Bonchev–Trinajstić information content (AvgIpc) is 2.95. The van der Waals surface area contributed by atoms with E-state index in [-0.39, 0.29) is 22.8 Å². The summed E-state index contributed by atoms with van der Waals surface area (Å²) in [7, 11) is 0. The third kappa shape index (κ3) is 2.78. The Morgan fingerprint density at radius 2 is 2.23 bits per heavy atom. The van der Waals surface area contributed by atoms with Crippen LogP contribution < -0.4 is 10.9 Å². The van der Waals surface area contributed by atoms with Crippen molar-refractivity contribution in [2.75, 3.05) is 5.32 Å². The SMILES string of the molecule is O=c1cc(CNc2ccc(Cl)c([N+](=O)[O-])c2)nc2sccn12. The Kier molecular flexibility index (Phi) is 3.78. The molecule has 0 fully saturated rings. The Morgan fingerprint density at radius 1 is 1.41 bits per heavy atom. The third-order valence-electron chi connectivity index (χ3n) is 2.97. The van der Waals surface area contributed by atoms with Gasteiger partial charge in [0, 0.05) is 29.4 Å². The summed E-state index contributed by atoms with van der Waals surface area (Å²) in [6.07, 6.45) is 1.66. The molecule has 1 N–H and O–H groups in total. The molecule has 22 heavy (non-hydrogen) atoms. The molecule has 3 rings (SSSR count). The van der Waals surface area contributed by atoms with Gasteiger partial charge >= 0.3 is 0 Å². The van der Waals surface area contributed by atoms with E-state index in [2.05, 4.69) is 10.3 Å². The molecule has 3 aromatic rings. The molecule has 9 heteroatoms. The Bertz CT molecular complexity index is 921. The number of halogens is 1. The number of thiazole rings is 1. The van der Waals surface area contributed by atoms with Gasteiger partial charge in [-0.25, -0.2) is 4.98 Å². The van der Waals surface area contributed by atoms with Crippen LogP contribution in [0, 0.1) is 10.1 Å². The molecule has 1 aromatic carbocycles. The Hall–Kier alpha value is -2.45. The van der Waals surface area contributed by atoms with Crippen molar-refractivity contribution in [3.05, 3.63) is 67.0 Å². The zero-order valence-electron chi connectivity index (χ0n) is 11.0. The smallest absolute Gasteiger partial charge is 0.289 e. The first-order chi connectivity index (χ1) is 10.5. The van der Waals surface area contributed by atoms with Crippen molar-refractivity contribution in [1.82, 2.24) is 9.38 Å². The van der Waals surface area contributed by atoms with Crippen LogP contribution in [0.1, 0.15) is 5.69 Å². The molecule has 0 spiro atoms. The number of rotatable bonds is 4. The number of benzene rings is 1. The van der Waals surface area contributed by atoms with Gasteiger partial charge in [0.05, 0.1) is 17.2 Å². The average molecular weight is 337 g/mol. The first-order valence-electron chi connectivity index (χ1n) is 6.18. The summed E-state index contributed by atoms with van der Waals surface area (Å²) in [4.78, 5) is 27.1. The lowest BCUT2D eigenvalue weighted by Gasteiger charge is -2.06. The Balaban J connectivity index is 1.83. The van der Waals surface area contributed by atoms with Crippen molar-refractivity contribution in [2.24, 2.45) is 0 Å². The third-order valence-corrected chi connectivity index (χ3v) is 4.05. The lowest BCUT2D eigenvalue weighted by molar-refractivity contribution is -0.384. The van der Waals surface area contributed by atoms with Crippen molar-refractivity contribution in [1.29, 1.82) is 0 Å². The summed E-state index contributed by atoms with van der Waals surface area (Å²) >= 11 is 7.12. The topological polar surface area (TPSA) is 89.5 Å². The standard InChI is InChI=1S/C13H9ClN4O3S/c14-10-2-1-8(5-11(10)18(20)21)15-7-9-6-12(19)17-3-4-22-13(17)16-9/h1-6,15H,7H2. The zero-order chi connectivity index (χ0) is 15.7. The molecule has 0 aliphatic rings. The van der Waals surface area contributed by atoms with Crippen LogP contribution in [0.3, 0.4) is 0 Å². The van der Waals surface area contributed by atoms with Crippen molar-refractivity contribution in [3.63, 3.8) is 0 Å². The molecule has 0 amide bonds. The molecule has 2 heterocycles. The number of aromatic nitrogens is 2. The highest BCUT2D eigenvalue weighted by Crippen LogP contribution is 2.27. The first kappa shape index (κ1) is 14.5. The Labute approximate surface area is 133 Å². The highest BCUT2D eigenvalue weighted by Gasteiger charge is 2.12. The number of nitrogens with zero attached hydrogens (tertiary/aromatic N) is 3. The predicted molar refractivity (Wildman–Crippen MR) is 84.8 cm³/mol. The fourth-order valence-electron chi connectivity index (χ4n) is 1.93. The number of anilines is 1. The maximum Gasteiger partial charge on any atom is 0.289 e. The van der Waals surface area contributed by atoms with Gasteiger partial charge < -0.3 is 5.32 Å². The maximum atomic E-state index is 11.9. The second kappa shape index (κ2) is 5.74. The molecule has 0 saturated heterocycles. The maximum absolute atomic E-state index is 11.9. The molecule has 112 valence electrons. The summed E-state index contributed by atoms with van der Waals surface area (Å²) in [6.45, 7) is 0.280. The van der Waals surface area contributed by atoms with Gasteiger partial charge in [-0.2, -0.15) is 0 Å². The quantitative estimate of drug-likeness (QED) is 0.584. The second-order valence-corrected chi connectivity index (χ2v) is 5.70. The van der Waals surface area contributed by atoms with Crippen LogP contribution in [0.5, 0.6) is 0 Å². The van der Waals surface area contributed by atoms with E-state index < -0.39 is 4.92 Å². The molecule has 0 aliphatic carbocycles. The number of hydrogen-bond acceptors (Lipinski definition) is 6. The van der Waals surface area contributed by atoms with E-state index in [0.29, 0.717) is 16.3 Å². The monoisotopic (exact) mass is 336 g/mol. The number of fused-ring (bicyclic) bond motifs is 1. The van der Waals surface area contributed by atoms with Crippen molar-refractivity contribution < 1.29 is 4.92 Å². The van der Waals surface area contributed by atoms with E-state index in [4.69, 9.17) is 11.6 Å². The van der Waals surface area contributed by atoms with Gasteiger partial charge in [-0.1, -0.05) is 11.6 Å². The highest BCUT2D eigenvalue weighted by atomic mass is 35.5. The van der Waals surface area contributed by atoms with Crippen LogP contribution in [0.25, 0.3) is 4.96 Å². The number of hydrogen-bond donors (Lipinski definition) is 1. The van der Waals surface area contributed by atoms with E-state index >= 15 is 0 Å². The molecular formula is C13H9ClN4O3S. The fraction of sp³-hybridized carbons (Fsp3) is 0.0769. The predicted octanol–water partition coefficient (Wildman–Crippen LogP) is 2.93. The summed E-state index contributed by atoms with van der Waals surface area (Å²) in [5.74, 6) is 0. The van der Waals surface area contributed by atoms with Crippen LogP contribution in [-0.2, 0) is 6.54 Å². The van der Waals surface area contributed by atoms with Crippen LogP contribution in [-0.4, -0.2) is 14.3 Å². The van der Waals surface area contributed by atoms with Crippen LogP contribution in [0.4, 0.5) is 11.4 Å². The van der Waals surface area contributed by atoms with E-state index in [1.165, 1.54) is 33.9 Å². The van der Waals surface area contributed by atoms with Gasteiger partial charge in [0.1, 0.15) is 5.02 Å². The van der Waals surface area contributed by atoms with Crippen molar-refractivity contribution >= 4 is 39.3 Å². The lowest BCUT2D eigenvalue weighted by Crippen LogP contribution is -2.14. The normalized spacial score (nSPS) is 10.8. The highest BCUT2D eigenvalue weighted by molar-refractivity contribution is 7.15. The molecular weight excluding hydrogens is 328 g/mol. The molecule has 0 radical (unpaired) electrons. The van der Waals surface area contributed by atoms with Crippen LogP contribution in [0.15, 0.2) is 40.6 Å². The zero-order valence-corrected chi connectivity index (χ0v) is 12.6. The number of nitrogens with one attached hydrogen (secondary N) is 1. The van der Waals surface area contributed by atoms with Crippen molar-refractivity contribution in [3.8, 4) is 0 Å². The van der Waals surface area contributed by atoms with Crippen LogP contribution in [0.2, 0.25) is 5.02 Å². The van der Waals surface area contributed by atoms with E-state index in [0.717, 1.165) is 0 Å². The van der Waals surface area contributed by atoms with Gasteiger partial charge in [-0.15, -0.1) is 11.3 Å². The minimum absolute atomic E-state index is 0.0759. The van der Waals surface area contributed by atoms with Gasteiger partial charge in [0.25, 0.3) is 11.2 Å². The van der Waals surface area contributed by atoms with E-state index in [1.54, 1.807) is 17.6 Å². The summed E-state index contributed by atoms with van der Waals surface area (Å²) in [6, 6.07) is 5.86. The summed E-state index contributed by atoms with van der Waals surface area (Å²) in [5, 5.41) is 15.7. The van der Waals surface area contributed by atoms with Gasteiger partial charge in [-0.05, 0) is 12.1 Å². The van der Waals surface area contributed by atoms with Crippen LogP contribution >= 0.6 is 22.9 Å². The lowest BCUT2D eigenvalue weighted by atomic mass is 10.2. The number of nitro groups is 1. The summed E-state index contributed by atoms with van der Waals surface area (Å²) in [5.41, 5.74) is 0.757. The van der Waals surface area contributed by atoms with E-state index in [9.17, 15) is 14.9 Å². The van der Waals surface area contributed by atoms with Gasteiger partial charge in [-0.3, -0.25) is 19.3 Å². The first-order valence-corrected chi connectivity index (χ1v) is 7.44. The summed E-state index contributed by atoms with van der Waals surface area (Å²) < 4.78 is 1.46. The molecule has 0 atom stereocenters.